The summed E-state index contributed by atoms with van der Waals surface area (Å²) in [7, 11) is 2.07. The number of carbonyl (C=O) groups is 1. The van der Waals surface area contributed by atoms with Crippen LogP contribution in [0.15, 0.2) is 24.5 Å². The number of hydrogen-bond donors (Lipinski definition) is 0. The molecule has 0 radical (unpaired) electrons. The maximum Gasteiger partial charge on any atom is 0.253 e. The van der Waals surface area contributed by atoms with Crippen molar-refractivity contribution in [2.75, 3.05) is 26.2 Å². The zero-order valence-electron chi connectivity index (χ0n) is 16.0. The lowest BCUT2D eigenvalue weighted by Gasteiger charge is -2.32. The van der Waals surface area contributed by atoms with Crippen molar-refractivity contribution in [2.24, 2.45) is 7.05 Å². The van der Waals surface area contributed by atoms with Gasteiger partial charge in [-0.3, -0.25) is 14.7 Å². The second kappa shape index (κ2) is 8.17. The van der Waals surface area contributed by atoms with Crippen LogP contribution in [-0.4, -0.2) is 61.6 Å². The van der Waals surface area contributed by atoms with Gasteiger partial charge in [0.25, 0.3) is 5.91 Å². The largest absolute Gasteiger partial charge is 0.338 e. The van der Waals surface area contributed by atoms with Gasteiger partial charge in [0.1, 0.15) is 11.6 Å². The van der Waals surface area contributed by atoms with Gasteiger partial charge < -0.3 is 9.47 Å². The van der Waals surface area contributed by atoms with Crippen LogP contribution in [0.25, 0.3) is 0 Å². The highest BCUT2D eigenvalue weighted by molar-refractivity contribution is 5.94. The SMILES string of the molecule is Cn1c(CN2CCCCC2)nnc1[C@H]1CCCN(C(=O)c2ccncc2)C1. The van der Waals surface area contributed by atoms with Crippen LogP contribution in [0.1, 0.15) is 60.0 Å². The Morgan fingerprint density at radius 2 is 1.85 bits per heavy atom. The lowest BCUT2D eigenvalue weighted by Crippen LogP contribution is -2.39. The van der Waals surface area contributed by atoms with Crippen molar-refractivity contribution in [2.45, 2.75) is 44.6 Å². The van der Waals surface area contributed by atoms with E-state index in [9.17, 15) is 4.79 Å². The molecule has 2 aliphatic rings. The maximum absolute atomic E-state index is 12.8. The molecule has 4 heterocycles. The predicted octanol–water partition coefficient (Wildman–Crippen LogP) is 2.22. The minimum Gasteiger partial charge on any atom is -0.338 e. The van der Waals surface area contributed by atoms with Gasteiger partial charge in [0, 0.05) is 44.0 Å². The molecule has 0 aliphatic carbocycles. The summed E-state index contributed by atoms with van der Waals surface area (Å²) >= 11 is 0. The molecule has 2 saturated heterocycles. The van der Waals surface area contributed by atoms with E-state index in [1.165, 1.54) is 19.3 Å². The highest BCUT2D eigenvalue weighted by Gasteiger charge is 2.29. The molecule has 144 valence electrons. The highest BCUT2D eigenvalue weighted by Crippen LogP contribution is 2.27. The zero-order chi connectivity index (χ0) is 18.6. The van der Waals surface area contributed by atoms with E-state index in [1.54, 1.807) is 24.5 Å². The molecule has 2 aromatic heterocycles. The Labute approximate surface area is 160 Å². The molecular weight excluding hydrogens is 340 g/mol. The summed E-state index contributed by atoms with van der Waals surface area (Å²) in [5.74, 6) is 2.37. The van der Waals surface area contributed by atoms with Crippen LogP contribution in [-0.2, 0) is 13.6 Å². The Morgan fingerprint density at radius 3 is 2.63 bits per heavy atom. The van der Waals surface area contributed by atoms with Gasteiger partial charge in [0.15, 0.2) is 0 Å². The first-order chi connectivity index (χ1) is 13.2. The summed E-state index contributed by atoms with van der Waals surface area (Å²) in [6.07, 6.45) is 9.28. The Hall–Kier alpha value is -2.28. The van der Waals surface area contributed by atoms with Gasteiger partial charge in [0.2, 0.25) is 0 Å². The summed E-state index contributed by atoms with van der Waals surface area (Å²) in [6.45, 7) is 4.68. The first kappa shape index (κ1) is 18.1. The third-order valence-electron chi connectivity index (χ3n) is 5.81. The molecule has 2 aromatic rings. The number of nitrogens with zero attached hydrogens (tertiary/aromatic N) is 6. The molecule has 0 unspecified atom stereocenters. The summed E-state index contributed by atoms with van der Waals surface area (Å²) in [6, 6.07) is 3.57. The first-order valence-corrected chi connectivity index (χ1v) is 10.0. The number of likely N-dealkylation sites (tertiary alicyclic amines) is 2. The zero-order valence-corrected chi connectivity index (χ0v) is 16.0. The first-order valence-electron chi connectivity index (χ1n) is 10.0. The molecule has 7 nitrogen and oxygen atoms in total. The lowest BCUT2D eigenvalue weighted by atomic mass is 9.96. The van der Waals surface area contributed by atoms with Crippen LogP contribution in [0.5, 0.6) is 0 Å². The number of amides is 1. The molecule has 0 N–H and O–H groups in total. The smallest absolute Gasteiger partial charge is 0.253 e. The monoisotopic (exact) mass is 368 g/mol. The van der Waals surface area contributed by atoms with E-state index in [0.717, 1.165) is 50.7 Å². The summed E-state index contributed by atoms with van der Waals surface area (Å²) in [5.41, 5.74) is 0.703. The van der Waals surface area contributed by atoms with E-state index in [-0.39, 0.29) is 11.8 Å². The van der Waals surface area contributed by atoms with Crippen LogP contribution in [0.4, 0.5) is 0 Å². The standard InChI is InChI=1S/C20H28N6O/c1-24-18(15-25-11-3-2-4-12-25)22-23-19(24)17-6-5-13-26(14-17)20(27)16-7-9-21-10-8-16/h7-10,17H,2-6,11-15H2,1H3/t17-/m0/s1. The number of rotatable bonds is 4. The van der Waals surface area contributed by atoms with Crippen LogP contribution in [0.2, 0.25) is 0 Å². The predicted molar refractivity (Wildman–Crippen MR) is 102 cm³/mol. The van der Waals surface area contributed by atoms with E-state index < -0.39 is 0 Å². The van der Waals surface area contributed by atoms with Crippen molar-refractivity contribution < 1.29 is 4.79 Å². The molecule has 7 heteroatoms. The van der Waals surface area contributed by atoms with Crippen molar-refractivity contribution >= 4 is 5.91 Å². The molecule has 0 spiro atoms. The Morgan fingerprint density at radius 1 is 1.07 bits per heavy atom. The average molecular weight is 368 g/mol. The van der Waals surface area contributed by atoms with Crippen molar-refractivity contribution in [3.05, 3.63) is 41.7 Å². The fourth-order valence-corrected chi connectivity index (χ4v) is 4.24. The summed E-state index contributed by atoms with van der Waals surface area (Å²) < 4.78 is 2.15. The maximum atomic E-state index is 12.8. The summed E-state index contributed by atoms with van der Waals surface area (Å²) in [5, 5.41) is 8.98. The van der Waals surface area contributed by atoms with E-state index in [0.29, 0.717) is 12.1 Å². The van der Waals surface area contributed by atoms with Crippen molar-refractivity contribution in [3.8, 4) is 0 Å². The Kier molecular flexibility index (Phi) is 5.48. The quantitative estimate of drug-likeness (QED) is 0.828. The second-order valence-electron chi connectivity index (χ2n) is 7.70. The molecular formula is C20H28N6O. The molecule has 1 amide bonds. The van der Waals surface area contributed by atoms with E-state index in [4.69, 9.17) is 0 Å². The van der Waals surface area contributed by atoms with Crippen LogP contribution in [0, 0.1) is 0 Å². The molecule has 0 aromatic carbocycles. The molecule has 2 aliphatic heterocycles. The number of aromatic nitrogens is 4. The minimum absolute atomic E-state index is 0.0813. The van der Waals surface area contributed by atoms with Gasteiger partial charge in [-0.05, 0) is 50.9 Å². The van der Waals surface area contributed by atoms with Crippen molar-refractivity contribution in [3.63, 3.8) is 0 Å². The average Bonchev–Trinajstić information content (AvgIpc) is 3.09. The van der Waals surface area contributed by atoms with Gasteiger partial charge >= 0.3 is 0 Å². The fourth-order valence-electron chi connectivity index (χ4n) is 4.24. The Balaban J connectivity index is 1.44. The third-order valence-corrected chi connectivity index (χ3v) is 5.81. The number of piperidine rings is 2. The van der Waals surface area contributed by atoms with E-state index >= 15 is 0 Å². The number of hydrogen-bond acceptors (Lipinski definition) is 5. The van der Waals surface area contributed by atoms with Crippen LogP contribution in [0.3, 0.4) is 0 Å². The molecule has 27 heavy (non-hydrogen) atoms. The minimum atomic E-state index is 0.0813. The van der Waals surface area contributed by atoms with E-state index in [1.807, 2.05) is 4.90 Å². The van der Waals surface area contributed by atoms with E-state index in [2.05, 4.69) is 31.7 Å². The molecule has 0 saturated carbocycles. The second-order valence-corrected chi connectivity index (χ2v) is 7.70. The van der Waals surface area contributed by atoms with Crippen molar-refractivity contribution in [1.29, 1.82) is 0 Å². The van der Waals surface area contributed by atoms with Gasteiger partial charge in [-0.1, -0.05) is 6.42 Å². The highest BCUT2D eigenvalue weighted by atomic mass is 16.2. The lowest BCUT2D eigenvalue weighted by molar-refractivity contribution is 0.0703. The van der Waals surface area contributed by atoms with Gasteiger partial charge in [-0.25, -0.2) is 0 Å². The number of carbonyl (C=O) groups excluding carboxylic acids is 1. The third kappa shape index (κ3) is 4.03. The number of pyridine rings is 1. The molecule has 1 atom stereocenters. The summed E-state index contributed by atoms with van der Waals surface area (Å²) in [4.78, 5) is 21.2. The van der Waals surface area contributed by atoms with Crippen LogP contribution >= 0.6 is 0 Å². The molecule has 4 rings (SSSR count). The van der Waals surface area contributed by atoms with Crippen LogP contribution < -0.4 is 0 Å². The van der Waals surface area contributed by atoms with Gasteiger partial charge in [-0.2, -0.15) is 0 Å². The topological polar surface area (TPSA) is 67.2 Å². The van der Waals surface area contributed by atoms with Crippen molar-refractivity contribution in [1.82, 2.24) is 29.5 Å². The molecule has 2 fully saturated rings. The fraction of sp³-hybridized carbons (Fsp3) is 0.600. The molecule has 0 bridgehead atoms. The van der Waals surface area contributed by atoms with Gasteiger partial charge in [-0.15, -0.1) is 10.2 Å². The van der Waals surface area contributed by atoms with Gasteiger partial charge in [0.05, 0.1) is 6.54 Å². The normalized spacial score (nSPS) is 21.4. The Bertz CT molecular complexity index is 768.